The van der Waals surface area contributed by atoms with Gasteiger partial charge in [0.15, 0.2) is 0 Å². The fraction of sp³-hybridized carbons (Fsp3) is 0.727. The molecule has 136 valence electrons. The highest BCUT2D eigenvalue weighted by atomic mass is 16.5. The summed E-state index contributed by atoms with van der Waals surface area (Å²) in [7, 11) is 0. The molecule has 2 saturated heterocycles. The van der Waals surface area contributed by atoms with E-state index in [1.165, 1.54) is 58.2 Å². The number of rotatable bonds is 5. The highest BCUT2D eigenvalue weighted by Crippen LogP contribution is 2.51. The van der Waals surface area contributed by atoms with Crippen LogP contribution in [0.3, 0.4) is 0 Å². The Balaban J connectivity index is 1.28. The van der Waals surface area contributed by atoms with Gasteiger partial charge >= 0.3 is 0 Å². The average Bonchev–Trinajstić information content (AvgIpc) is 3.21. The summed E-state index contributed by atoms with van der Waals surface area (Å²) in [6.45, 7) is 6.98. The summed E-state index contributed by atoms with van der Waals surface area (Å²) < 4.78 is 5.55. The van der Waals surface area contributed by atoms with Gasteiger partial charge in [0.2, 0.25) is 0 Å². The quantitative estimate of drug-likeness (QED) is 0.888. The van der Waals surface area contributed by atoms with Gasteiger partial charge in [-0.15, -0.1) is 0 Å². The fourth-order valence-electron chi connectivity index (χ4n) is 5.43. The van der Waals surface area contributed by atoms with E-state index in [9.17, 15) is 0 Å². The first-order valence-corrected chi connectivity index (χ1v) is 10.5. The molecule has 0 bridgehead atoms. The van der Waals surface area contributed by atoms with Crippen molar-refractivity contribution < 1.29 is 4.74 Å². The normalized spacial score (nSPS) is 31.5. The van der Waals surface area contributed by atoms with Gasteiger partial charge in [0, 0.05) is 25.7 Å². The lowest BCUT2D eigenvalue weighted by Gasteiger charge is -2.40. The highest BCUT2D eigenvalue weighted by Gasteiger charge is 2.45. The Hall–Kier alpha value is -0.900. The molecule has 1 N–H and O–H groups in total. The van der Waals surface area contributed by atoms with Crippen molar-refractivity contribution in [3.63, 3.8) is 0 Å². The van der Waals surface area contributed by atoms with E-state index in [0.29, 0.717) is 17.4 Å². The number of fused-ring (bicyclic) bond motifs is 2. The van der Waals surface area contributed by atoms with Crippen LogP contribution in [0.1, 0.15) is 55.7 Å². The second-order valence-corrected chi connectivity index (χ2v) is 9.01. The first-order chi connectivity index (χ1) is 12.3. The molecular formula is C22H32N2O. The van der Waals surface area contributed by atoms with E-state index in [1.54, 1.807) is 11.1 Å². The van der Waals surface area contributed by atoms with Crippen LogP contribution in [0.15, 0.2) is 24.3 Å². The maximum absolute atomic E-state index is 5.55. The van der Waals surface area contributed by atoms with Crippen molar-refractivity contribution in [2.45, 2.75) is 50.0 Å². The third-order valence-electron chi connectivity index (χ3n) is 7.21. The zero-order valence-electron chi connectivity index (χ0n) is 15.4. The standard InChI is InChI=1S/C22H32N2O/c1-2-4-20-19(3-1)21(23-14-18-7-12-25-16-18)13-22(20)8-10-24(11-9-22)15-17-5-6-17/h1-4,17-18,21,23H,5-16H2. The molecule has 5 rings (SSSR count). The molecule has 3 fully saturated rings. The number of nitrogens with zero attached hydrogens (tertiary/aromatic N) is 1. The Morgan fingerprint density at radius 1 is 1.08 bits per heavy atom. The number of hydrogen-bond acceptors (Lipinski definition) is 3. The number of likely N-dealkylation sites (tertiary alicyclic amines) is 1. The molecule has 2 aliphatic heterocycles. The predicted molar refractivity (Wildman–Crippen MR) is 101 cm³/mol. The molecule has 2 heterocycles. The van der Waals surface area contributed by atoms with Gasteiger partial charge in [0.05, 0.1) is 6.61 Å². The Bertz CT molecular complexity index is 598. The van der Waals surface area contributed by atoms with Gasteiger partial charge < -0.3 is 15.0 Å². The van der Waals surface area contributed by atoms with Gasteiger partial charge in [-0.05, 0) is 80.0 Å². The average molecular weight is 341 g/mol. The van der Waals surface area contributed by atoms with Crippen molar-refractivity contribution >= 4 is 0 Å². The Morgan fingerprint density at radius 2 is 1.92 bits per heavy atom. The first-order valence-electron chi connectivity index (χ1n) is 10.5. The Morgan fingerprint density at radius 3 is 2.68 bits per heavy atom. The van der Waals surface area contributed by atoms with E-state index in [4.69, 9.17) is 4.74 Å². The van der Waals surface area contributed by atoms with Crippen LogP contribution in [0.2, 0.25) is 0 Å². The molecular weight excluding hydrogens is 308 g/mol. The number of benzene rings is 1. The lowest BCUT2D eigenvalue weighted by Crippen LogP contribution is -2.42. The van der Waals surface area contributed by atoms with E-state index >= 15 is 0 Å². The summed E-state index contributed by atoms with van der Waals surface area (Å²) in [5.74, 6) is 1.73. The molecule has 1 aromatic rings. The molecule has 1 spiro atoms. The second kappa shape index (κ2) is 6.68. The molecule has 2 aliphatic carbocycles. The van der Waals surface area contributed by atoms with Gasteiger partial charge in [0.25, 0.3) is 0 Å². The highest BCUT2D eigenvalue weighted by molar-refractivity contribution is 5.42. The van der Waals surface area contributed by atoms with Crippen molar-refractivity contribution in [3.8, 4) is 0 Å². The number of hydrogen-bond donors (Lipinski definition) is 1. The van der Waals surface area contributed by atoms with Crippen molar-refractivity contribution in [2.24, 2.45) is 11.8 Å². The molecule has 0 amide bonds. The summed E-state index contributed by atoms with van der Waals surface area (Å²) in [5, 5.41) is 3.91. The molecule has 2 unspecified atom stereocenters. The monoisotopic (exact) mass is 340 g/mol. The number of piperidine rings is 1. The molecule has 0 aromatic heterocycles. The minimum absolute atomic E-state index is 0.431. The van der Waals surface area contributed by atoms with Crippen molar-refractivity contribution in [2.75, 3.05) is 39.4 Å². The van der Waals surface area contributed by atoms with Crippen LogP contribution in [-0.2, 0) is 10.2 Å². The van der Waals surface area contributed by atoms with Crippen molar-refractivity contribution in [1.29, 1.82) is 0 Å². The molecule has 1 aromatic carbocycles. The SMILES string of the molecule is c1ccc2c(c1)C(NCC1CCOC1)CC21CCN(CC2CC2)CC1. The zero-order chi connectivity index (χ0) is 16.7. The summed E-state index contributed by atoms with van der Waals surface area (Å²) in [4.78, 5) is 2.74. The summed E-state index contributed by atoms with van der Waals surface area (Å²) in [5.41, 5.74) is 3.67. The molecule has 25 heavy (non-hydrogen) atoms. The van der Waals surface area contributed by atoms with Crippen molar-refractivity contribution in [1.82, 2.24) is 10.2 Å². The smallest absolute Gasteiger partial charge is 0.0507 e. The second-order valence-electron chi connectivity index (χ2n) is 9.01. The molecule has 4 aliphatic rings. The van der Waals surface area contributed by atoms with Crippen LogP contribution in [0.5, 0.6) is 0 Å². The molecule has 0 radical (unpaired) electrons. The van der Waals surface area contributed by atoms with Crippen LogP contribution >= 0.6 is 0 Å². The summed E-state index contributed by atoms with van der Waals surface area (Å²) in [6.07, 6.45) is 8.17. The molecule has 2 atom stereocenters. The maximum atomic E-state index is 5.55. The van der Waals surface area contributed by atoms with Gasteiger partial charge in [-0.1, -0.05) is 24.3 Å². The lowest BCUT2D eigenvalue weighted by molar-refractivity contribution is 0.147. The van der Waals surface area contributed by atoms with Crippen LogP contribution < -0.4 is 5.32 Å². The van der Waals surface area contributed by atoms with Gasteiger partial charge in [0.1, 0.15) is 0 Å². The maximum Gasteiger partial charge on any atom is 0.0507 e. The van der Waals surface area contributed by atoms with E-state index < -0.39 is 0 Å². The molecule has 3 heteroatoms. The molecule has 3 nitrogen and oxygen atoms in total. The van der Waals surface area contributed by atoms with Gasteiger partial charge in [-0.25, -0.2) is 0 Å². The third-order valence-corrected chi connectivity index (χ3v) is 7.21. The van der Waals surface area contributed by atoms with Gasteiger partial charge in [-0.2, -0.15) is 0 Å². The third kappa shape index (κ3) is 3.27. The zero-order valence-corrected chi connectivity index (χ0v) is 15.4. The largest absolute Gasteiger partial charge is 0.381 e. The van der Waals surface area contributed by atoms with E-state index in [0.717, 1.165) is 25.7 Å². The topological polar surface area (TPSA) is 24.5 Å². The Kier molecular flexibility index (Phi) is 4.35. The Labute approximate surface area is 152 Å². The minimum atomic E-state index is 0.431. The number of nitrogens with one attached hydrogen (secondary N) is 1. The van der Waals surface area contributed by atoms with Gasteiger partial charge in [-0.3, -0.25) is 0 Å². The predicted octanol–water partition coefficient (Wildman–Crippen LogP) is 3.50. The minimum Gasteiger partial charge on any atom is -0.381 e. The first kappa shape index (κ1) is 16.3. The number of ether oxygens (including phenoxy) is 1. The van der Waals surface area contributed by atoms with E-state index in [1.807, 2.05) is 0 Å². The van der Waals surface area contributed by atoms with E-state index in [-0.39, 0.29) is 0 Å². The molecule has 1 saturated carbocycles. The van der Waals surface area contributed by atoms with Crippen molar-refractivity contribution in [3.05, 3.63) is 35.4 Å². The summed E-state index contributed by atoms with van der Waals surface area (Å²) >= 11 is 0. The fourth-order valence-corrected chi connectivity index (χ4v) is 5.43. The van der Waals surface area contributed by atoms with Crippen LogP contribution in [0, 0.1) is 11.8 Å². The summed E-state index contributed by atoms with van der Waals surface area (Å²) in [6, 6.07) is 9.83. The van der Waals surface area contributed by atoms with E-state index in [2.05, 4.69) is 34.5 Å². The lowest BCUT2D eigenvalue weighted by atomic mass is 9.73. The van der Waals surface area contributed by atoms with Crippen LogP contribution in [0.4, 0.5) is 0 Å². The van der Waals surface area contributed by atoms with Crippen LogP contribution in [0.25, 0.3) is 0 Å². The van der Waals surface area contributed by atoms with Crippen LogP contribution in [-0.4, -0.2) is 44.3 Å².